The molecule has 1 saturated heterocycles. The van der Waals surface area contributed by atoms with Gasteiger partial charge in [0.15, 0.2) is 0 Å². The summed E-state index contributed by atoms with van der Waals surface area (Å²) in [6, 6.07) is 0.0871. The number of rotatable bonds is 5. The zero-order valence-corrected chi connectivity index (χ0v) is 14.6. The first kappa shape index (κ1) is 17.7. The second-order valence-corrected chi connectivity index (χ2v) is 8.53. The molecule has 0 aromatic heterocycles. The van der Waals surface area contributed by atoms with E-state index in [0.717, 1.165) is 51.9 Å². The number of carbonyl (C=O) groups is 1. The van der Waals surface area contributed by atoms with Crippen molar-refractivity contribution in [2.75, 3.05) is 46.0 Å². The molecule has 128 valence electrons. The van der Waals surface area contributed by atoms with E-state index in [-0.39, 0.29) is 11.9 Å². The highest BCUT2D eigenvalue weighted by Gasteiger charge is 2.29. The summed E-state index contributed by atoms with van der Waals surface area (Å²) in [7, 11) is -1.19. The lowest BCUT2D eigenvalue weighted by Crippen LogP contribution is -2.48. The Bertz CT molecular complexity index is 466. The Hall–Kier alpha value is -0.660. The van der Waals surface area contributed by atoms with Gasteiger partial charge in [-0.1, -0.05) is 19.3 Å². The Kier molecular flexibility index (Phi) is 6.23. The second-order valence-electron chi connectivity index (χ2n) is 6.60. The minimum absolute atomic E-state index is 0.0811. The lowest BCUT2D eigenvalue weighted by atomic mass is 9.95. The van der Waals surface area contributed by atoms with E-state index < -0.39 is 10.0 Å². The molecule has 2 aliphatic rings. The van der Waals surface area contributed by atoms with Gasteiger partial charge in [0, 0.05) is 45.2 Å². The molecule has 0 N–H and O–H groups in total. The summed E-state index contributed by atoms with van der Waals surface area (Å²) in [6.07, 6.45) is 6.78. The van der Waals surface area contributed by atoms with Crippen molar-refractivity contribution in [3.05, 3.63) is 0 Å². The van der Waals surface area contributed by atoms with Crippen LogP contribution in [0.5, 0.6) is 0 Å². The first-order valence-corrected chi connectivity index (χ1v) is 10.2. The van der Waals surface area contributed by atoms with Crippen molar-refractivity contribution in [3.63, 3.8) is 0 Å². The number of amides is 1. The average Bonchev–Trinajstić information content (AvgIpc) is 2.47. The molecule has 0 aromatic rings. The van der Waals surface area contributed by atoms with Crippen molar-refractivity contribution in [1.82, 2.24) is 14.1 Å². The van der Waals surface area contributed by atoms with Crippen molar-refractivity contribution in [1.29, 1.82) is 0 Å². The normalized spacial score (nSPS) is 22.2. The summed E-state index contributed by atoms with van der Waals surface area (Å²) in [6.45, 7) is 3.61. The molecule has 0 bridgehead atoms. The predicted octanol–water partition coefficient (Wildman–Crippen LogP) is 0.745. The second kappa shape index (κ2) is 7.75. The van der Waals surface area contributed by atoms with Crippen LogP contribution in [-0.2, 0) is 14.8 Å². The summed E-state index contributed by atoms with van der Waals surface area (Å²) in [5.41, 5.74) is 0. The molecule has 1 heterocycles. The van der Waals surface area contributed by atoms with E-state index in [9.17, 15) is 13.2 Å². The van der Waals surface area contributed by atoms with Crippen LogP contribution in [-0.4, -0.2) is 80.5 Å². The van der Waals surface area contributed by atoms with Gasteiger partial charge in [-0.05, 0) is 19.9 Å². The van der Waals surface area contributed by atoms with Gasteiger partial charge in [-0.3, -0.25) is 4.79 Å². The van der Waals surface area contributed by atoms with Crippen LogP contribution in [0.3, 0.4) is 0 Å². The number of sulfonamides is 1. The standard InChI is InChI=1S/C15H29N3O3S/c1-16-10-12-17(13-11-16)15(19)8-9-18(22(2,20)21)14-6-4-3-5-7-14/h14H,3-13H2,1-2H3. The summed E-state index contributed by atoms with van der Waals surface area (Å²) < 4.78 is 25.7. The Morgan fingerprint density at radius 2 is 1.68 bits per heavy atom. The van der Waals surface area contributed by atoms with Crippen LogP contribution in [0.1, 0.15) is 38.5 Å². The largest absolute Gasteiger partial charge is 0.340 e. The average molecular weight is 331 g/mol. The van der Waals surface area contributed by atoms with Crippen molar-refractivity contribution in [3.8, 4) is 0 Å². The van der Waals surface area contributed by atoms with Crippen LogP contribution in [0.15, 0.2) is 0 Å². The van der Waals surface area contributed by atoms with Gasteiger partial charge < -0.3 is 9.80 Å². The Labute approximate surface area is 134 Å². The SMILES string of the molecule is CN1CCN(C(=O)CCN(C2CCCCC2)S(C)(=O)=O)CC1. The van der Waals surface area contributed by atoms with E-state index in [4.69, 9.17) is 0 Å². The van der Waals surface area contributed by atoms with Crippen molar-refractivity contribution >= 4 is 15.9 Å². The van der Waals surface area contributed by atoms with E-state index in [0.29, 0.717) is 13.0 Å². The molecular formula is C15H29N3O3S. The number of nitrogens with zero attached hydrogens (tertiary/aromatic N) is 3. The minimum Gasteiger partial charge on any atom is -0.340 e. The van der Waals surface area contributed by atoms with Crippen LogP contribution in [0.2, 0.25) is 0 Å². The van der Waals surface area contributed by atoms with Gasteiger partial charge >= 0.3 is 0 Å². The van der Waals surface area contributed by atoms with Gasteiger partial charge in [0.1, 0.15) is 0 Å². The molecule has 7 heteroatoms. The molecule has 1 amide bonds. The fourth-order valence-corrected chi connectivity index (χ4v) is 4.58. The summed E-state index contributed by atoms with van der Waals surface area (Å²) in [4.78, 5) is 16.4. The van der Waals surface area contributed by atoms with Crippen LogP contribution < -0.4 is 0 Å². The van der Waals surface area contributed by atoms with Gasteiger partial charge in [-0.2, -0.15) is 4.31 Å². The first-order valence-electron chi connectivity index (χ1n) is 8.31. The number of likely N-dealkylation sites (N-methyl/N-ethyl adjacent to an activating group) is 1. The fourth-order valence-electron chi connectivity index (χ4n) is 3.41. The molecule has 0 spiro atoms. The molecule has 0 aromatic carbocycles. The van der Waals surface area contributed by atoms with E-state index >= 15 is 0 Å². The zero-order valence-electron chi connectivity index (χ0n) is 13.8. The smallest absolute Gasteiger partial charge is 0.223 e. The van der Waals surface area contributed by atoms with Crippen molar-refractivity contribution < 1.29 is 13.2 Å². The maximum Gasteiger partial charge on any atom is 0.223 e. The number of piperazine rings is 1. The van der Waals surface area contributed by atoms with E-state index in [1.54, 1.807) is 4.31 Å². The topological polar surface area (TPSA) is 60.9 Å². The monoisotopic (exact) mass is 331 g/mol. The third kappa shape index (κ3) is 4.93. The first-order chi connectivity index (χ1) is 10.4. The summed E-state index contributed by atoms with van der Waals surface area (Å²) in [5.74, 6) is 0.0811. The minimum atomic E-state index is -3.25. The zero-order chi connectivity index (χ0) is 16.2. The van der Waals surface area contributed by atoms with Crippen LogP contribution in [0.25, 0.3) is 0 Å². The van der Waals surface area contributed by atoms with Gasteiger partial charge in [0.2, 0.25) is 15.9 Å². The van der Waals surface area contributed by atoms with Gasteiger partial charge in [-0.15, -0.1) is 0 Å². The highest BCUT2D eigenvalue weighted by molar-refractivity contribution is 7.88. The molecular weight excluding hydrogens is 302 g/mol. The summed E-state index contributed by atoms with van der Waals surface area (Å²) >= 11 is 0. The lowest BCUT2D eigenvalue weighted by molar-refractivity contribution is -0.132. The molecule has 0 unspecified atom stereocenters. The van der Waals surface area contributed by atoms with Gasteiger partial charge in [-0.25, -0.2) is 8.42 Å². The van der Waals surface area contributed by atoms with E-state index in [2.05, 4.69) is 11.9 Å². The molecule has 2 rings (SSSR count). The van der Waals surface area contributed by atoms with Crippen LogP contribution in [0, 0.1) is 0 Å². The molecule has 2 fully saturated rings. The quantitative estimate of drug-likeness (QED) is 0.746. The molecule has 1 saturated carbocycles. The molecule has 1 aliphatic carbocycles. The Balaban J connectivity index is 1.89. The molecule has 1 aliphatic heterocycles. The van der Waals surface area contributed by atoms with Crippen molar-refractivity contribution in [2.45, 2.75) is 44.6 Å². The third-order valence-electron chi connectivity index (χ3n) is 4.81. The number of hydrogen-bond donors (Lipinski definition) is 0. The maximum atomic E-state index is 12.3. The van der Waals surface area contributed by atoms with Gasteiger partial charge in [0.25, 0.3) is 0 Å². The third-order valence-corrected chi connectivity index (χ3v) is 6.14. The van der Waals surface area contributed by atoms with Crippen LogP contribution in [0.4, 0.5) is 0 Å². The number of carbonyl (C=O) groups excluding carboxylic acids is 1. The number of hydrogen-bond acceptors (Lipinski definition) is 4. The lowest BCUT2D eigenvalue weighted by Gasteiger charge is -2.34. The van der Waals surface area contributed by atoms with E-state index in [1.807, 2.05) is 4.90 Å². The summed E-state index contributed by atoms with van der Waals surface area (Å²) in [5, 5.41) is 0. The Morgan fingerprint density at radius 1 is 1.09 bits per heavy atom. The molecule has 0 atom stereocenters. The fraction of sp³-hybridized carbons (Fsp3) is 0.933. The van der Waals surface area contributed by atoms with Crippen LogP contribution >= 0.6 is 0 Å². The Morgan fingerprint density at radius 3 is 2.23 bits per heavy atom. The molecule has 6 nitrogen and oxygen atoms in total. The van der Waals surface area contributed by atoms with Gasteiger partial charge in [0.05, 0.1) is 6.26 Å². The predicted molar refractivity (Wildman–Crippen MR) is 87.1 cm³/mol. The highest BCUT2D eigenvalue weighted by Crippen LogP contribution is 2.24. The highest BCUT2D eigenvalue weighted by atomic mass is 32.2. The van der Waals surface area contributed by atoms with E-state index in [1.165, 1.54) is 12.7 Å². The maximum absolute atomic E-state index is 12.3. The molecule has 22 heavy (non-hydrogen) atoms. The van der Waals surface area contributed by atoms with Crippen molar-refractivity contribution in [2.24, 2.45) is 0 Å². The molecule has 0 radical (unpaired) electrons.